The molecule has 1 N–H and O–H groups in total. The van der Waals surface area contributed by atoms with Gasteiger partial charge in [0, 0.05) is 0 Å². The van der Waals surface area contributed by atoms with Crippen LogP contribution in [0.15, 0.2) is 42.5 Å². The van der Waals surface area contributed by atoms with Crippen LogP contribution in [0.25, 0.3) is 0 Å². The molecule has 0 unspecified atom stereocenters. The largest absolute Gasteiger partial charge is 0.482 e. The third-order valence-corrected chi connectivity index (χ3v) is 3.64. The van der Waals surface area contributed by atoms with Gasteiger partial charge in [0.15, 0.2) is 13.2 Å². The van der Waals surface area contributed by atoms with Gasteiger partial charge in [0.05, 0.1) is 5.69 Å². The number of benzene rings is 2. The van der Waals surface area contributed by atoms with Gasteiger partial charge in [0.2, 0.25) is 0 Å². The first-order chi connectivity index (χ1) is 12.9. The van der Waals surface area contributed by atoms with E-state index < -0.39 is 25.1 Å². The zero-order chi connectivity index (χ0) is 19.8. The Morgan fingerprint density at radius 2 is 1.70 bits per heavy atom. The predicted octanol–water partition coefficient (Wildman–Crippen LogP) is 3.47. The zero-order valence-electron chi connectivity index (χ0n) is 14.8. The van der Waals surface area contributed by atoms with Crippen LogP contribution in [0.2, 0.25) is 0 Å². The molecule has 2 rings (SSSR count). The minimum Gasteiger partial charge on any atom is -0.482 e. The highest BCUT2D eigenvalue weighted by molar-refractivity contribution is 5.94. The SMILES string of the molecule is Cc1cccc(OCC(=O)OCC(=O)Nc2ccccc2OC(F)F)c1C. The highest BCUT2D eigenvalue weighted by atomic mass is 19.3. The van der Waals surface area contributed by atoms with Crippen molar-refractivity contribution < 1.29 is 32.6 Å². The fourth-order valence-electron chi connectivity index (χ4n) is 2.16. The summed E-state index contributed by atoms with van der Waals surface area (Å²) in [7, 11) is 0. The van der Waals surface area contributed by atoms with E-state index >= 15 is 0 Å². The van der Waals surface area contributed by atoms with Crippen LogP contribution in [-0.4, -0.2) is 31.7 Å². The zero-order valence-corrected chi connectivity index (χ0v) is 14.8. The van der Waals surface area contributed by atoms with Crippen LogP contribution in [0.5, 0.6) is 11.5 Å². The highest BCUT2D eigenvalue weighted by Crippen LogP contribution is 2.25. The molecule has 0 atom stereocenters. The second-order valence-electron chi connectivity index (χ2n) is 5.57. The number of aryl methyl sites for hydroxylation is 1. The number of ether oxygens (including phenoxy) is 3. The number of para-hydroxylation sites is 2. The van der Waals surface area contributed by atoms with Gasteiger partial charge in [0.1, 0.15) is 11.5 Å². The Bertz CT molecular complexity index is 810. The van der Waals surface area contributed by atoms with Crippen LogP contribution < -0.4 is 14.8 Å². The highest BCUT2D eigenvalue weighted by Gasteiger charge is 2.13. The number of halogens is 2. The fourth-order valence-corrected chi connectivity index (χ4v) is 2.16. The Morgan fingerprint density at radius 3 is 2.44 bits per heavy atom. The van der Waals surface area contributed by atoms with Gasteiger partial charge in [-0.1, -0.05) is 24.3 Å². The molecule has 2 aromatic rings. The van der Waals surface area contributed by atoms with Gasteiger partial charge < -0.3 is 19.5 Å². The van der Waals surface area contributed by atoms with Crippen molar-refractivity contribution in [2.45, 2.75) is 20.5 Å². The molecule has 0 bridgehead atoms. The third-order valence-electron chi connectivity index (χ3n) is 3.64. The van der Waals surface area contributed by atoms with Crippen molar-refractivity contribution in [2.24, 2.45) is 0 Å². The fraction of sp³-hybridized carbons (Fsp3) is 0.263. The van der Waals surface area contributed by atoms with E-state index in [1.165, 1.54) is 24.3 Å². The first-order valence-electron chi connectivity index (χ1n) is 8.05. The maximum absolute atomic E-state index is 12.4. The Hall–Kier alpha value is -3.16. The molecule has 0 aliphatic carbocycles. The molecule has 2 aromatic carbocycles. The van der Waals surface area contributed by atoms with Crippen LogP contribution in [0.1, 0.15) is 11.1 Å². The van der Waals surface area contributed by atoms with Crippen molar-refractivity contribution in [3.8, 4) is 11.5 Å². The van der Waals surface area contributed by atoms with Crippen LogP contribution in [0.3, 0.4) is 0 Å². The van der Waals surface area contributed by atoms with Crippen LogP contribution in [0.4, 0.5) is 14.5 Å². The molecule has 0 saturated heterocycles. The van der Waals surface area contributed by atoms with Crippen molar-refractivity contribution in [1.82, 2.24) is 0 Å². The lowest BCUT2D eigenvalue weighted by Crippen LogP contribution is -2.24. The lowest BCUT2D eigenvalue weighted by atomic mass is 10.1. The van der Waals surface area contributed by atoms with E-state index in [1.807, 2.05) is 19.9 Å². The van der Waals surface area contributed by atoms with Crippen molar-refractivity contribution in [3.63, 3.8) is 0 Å². The summed E-state index contributed by atoms with van der Waals surface area (Å²) in [5, 5.41) is 2.35. The number of hydrogen-bond donors (Lipinski definition) is 1. The Labute approximate surface area is 155 Å². The molecule has 0 aliphatic rings. The number of amides is 1. The second-order valence-corrected chi connectivity index (χ2v) is 5.57. The number of hydrogen-bond acceptors (Lipinski definition) is 5. The topological polar surface area (TPSA) is 73.9 Å². The van der Waals surface area contributed by atoms with Gasteiger partial charge in [-0.05, 0) is 43.2 Å². The average molecular weight is 379 g/mol. The maximum Gasteiger partial charge on any atom is 0.387 e. The molecular weight excluding hydrogens is 360 g/mol. The molecule has 0 heterocycles. The van der Waals surface area contributed by atoms with Crippen molar-refractivity contribution in [2.75, 3.05) is 18.5 Å². The Balaban J connectivity index is 1.82. The van der Waals surface area contributed by atoms with Crippen LogP contribution >= 0.6 is 0 Å². The van der Waals surface area contributed by atoms with Gasteiger partial charge in [-0.2, -0.15) is 8.78 Å². The van der Waals surface area contributed by atoms with Crippen molar-refractivity contribution in [3.05, 3.63) is 53.6 Å². The van der Waals surface area contributed by atoms with Crippen LogP contribution in [-0.2, 0) is 14.3 Å². The van der Waals surface area contributed by atoms with E-state index in [0.29, 0.717) is 5.75 Å². The number of alkyl halides is 2. The number of carbonyl (C=O) groups excluding carboxylic acids is 2. The molecular formula is C19H19F2NO5. The first-order valence-corrected chi connectivity index (χ1v) is 8.05. The van der Waals surface area contributed by atoms with Gasteiger partial charge in [-0.25, -0.2) is 4.79 Å². The molecule has 27 heavy (non-hydrogen) atoms. The minimum absolute atomic E-state index is 0.0467. The van der Waals surface area contributed by atoms with E-state index in [1.54, 1.807) is 12.1 Å². The summed E-state index contributed by atoms with van der Waals surface area (Å²) in [5.41, 5.74) is 1.97. The monoisotopic (exact) mass is 379 g/mol. The normalized spacial score (nSPS) is 10.4. The number of esters is 1. The summed E-state index contributed by atoms with van der Waals surface area (Å²) in [6, 6.07) is 11.1. The molecule has 0 aromatic heterocycles. The van der Waals surface area contributed by atoms with E-state index in [0.717, 1.165) is 11.1 Å². The molecule has 8 heteroatoms. The van der Waals surface area contributed by atoms with Crippen molar-refractivity contribution >= 4 is 17.6 Å². The molecule has 1 amide bonds. The molecule has 0 radical (unpaired) electrons. The molecule has 0 saturated carbocycles. The summed E-state index contributed by atoms with van der Waals surface area (Å²) in [6.07, 6.45) is 0. The van der Waals surface area contributed by atoms with E-state index in [-0.39, 0.29) is 18.0 Å². The maximum atomic E-state index is 12.4. The summed E-state index contributed by atoms with van der Waals surface area (Å²) in [4.78, 5) is 23.6. The van der Waals surface area contributed by atoms with Crippen molar-refractivity contribution in [1.29, 1.82) is 0 Å². The smallest absolute Gasteiger partial charge is 0.387 e. The van der Waals surface area contributed by atoms with Gasteiger partial charge in [-0.3, -0.25) is 4.79 Å². The van der Waals surface area contributed by atoms with E-state index in [4.69, 9.17) is 9.47 Å². The summed E-state index contributed by atoms with van der Waals surface area (Å²) in [6.45, 7) is -0.188. The lowest BCUT2D eigenvalue weighted by Gasteiger charge is -2.12. The number of rotatable bonds is 8. The molecule has 0 spiro atoms. The lowest BCUT2D eigenvalue weighted by molar-refractivity contribution is -0.149. The standard InChI is InChI=1S/C19H19F2NO5/c1-12-6-5-9-15(13(12)2)25-11-18(24)26-10-17(23)22-14-7-3-4-8-16(14)27-19(20)21/h3-9,19H,10-11H2,1-2H3,(H,22,23). The van der Waals surface area contributed by atoms with Crippen LogP contribution in [0, 0.1) is 13.8 Å². The molecule has 0 fully saturated rings. The Kier molecular flexibility index (Phi) is 7.10. The first kappa shape index (κ1) is 20.2. The number of anilines is 1. The summed E-state index contributed by atoms with van der Waals surface area (Å²) in [5.74, 6) is -1.07. The molecule has 144 valence electrons. The third kappa shape index (κ3) is 6.25. The van der Waals surface area contributed by atoms with Gasteiger partial charge in [-0.15, -0.1) is 0 Å². The molecule has 6 nitrogen and oxygen atoms in total. The summed E-state index contributed by atoms with van der Waals surface area (Å²) >= 11 is 0. The number of nitrogens with one attached hydrogen (secondary N) is 1. The van der Waals surface area contributed by atoms with Gasteiger partial charge in [0.25, 0.3) is 5.91 Å². The van der Waals surface area contributed by atoms with E-state index in [2.05, 4.69) is 10.1 Å². The Morgan fingerprint density at radius 1 is 1.00 bits per heavy atom. The second kappa shape index (κ2) is 9.51. The average Bonchev–Trinajstić information content (AvgIpc) is 2.62. The summed E-state index contributed by atoms with van der Waals surface area (Å²) < 4.78 is 39.2. The number of carbonyl (C=O) groups is 2. The van der Waals surface area contributed by atoms with Gasteiger partial charge >= 0.3 is 12.6 Å². The molecule has 0 aliphatic heterocycles. The van der Waals surface area contributed by atoms with E-state index in [9.17, 15) is 18.4 Å². The minimum atomic E-state index is -3.02. The predicted molar refractivity (Wildman–Crippen MR) is 94.1 cm³/mol. The quantitative estimate of drug-likeness (QED) is 0.711.